The Morgan fingerprint density at radius 2 is 2.30 bits per heavy atom. The first kappa shape index (κ1) is 13.4. The predicted molar refractivity (Wildman–Crippen MR) is 78.4 cm³/mol. The number of rotatable bonds is 4. The predicted octanol–water partition coefficient (Wildman–Crippen LogP) is 2.20. The fourth-order valence-corrected chi connectivity index (χ4v) is 3.09. The summed E-state index contributed by atoms with van der Waals surface area (Å²) in [5.41, 5.74) is 4.96. The van der Waals surface area contributed by atoms with Crippen molar-refractivity contribution in [3.63, 3.8) is 0 Å². The van der Waals surface area contributed by atoms with Crippen molar-refractivity contribution in [2.24, 2.45) is 5.92 Å². The Hall–Kier alpha value is -1.62. The van der Waals surface area contributed by atoms with Gasteiger partial charge < -0.3 is 4.98 Å². The van der Waals surface area contributed by atoms with Gasteiger partial charge in [-0.3, -0.25) is 10.00 Å². The van der Waals surface area contributed by atoms with Crippen LogP contribution in [0.1, 0.15) is 35.5 Å². The zero-order chi connectivity index (χ0) is 13.9. The summed E-state index contributed by atoms with van der Waals surface area (Å²) in [7, 11) is 0. The lowest BCUT2D eigenvalue weighted by molar-refractivity contribution is 0.164. The van der Waals surface area contributed by atoms with Gasteiger partial charge in [0.2, 0.25) is 0 Å². The molecule has 1 aliphatic rings. The fraction of sp³-hybridized carbons (Fsp3) is 0.600. The summed E-state index contributed by atoms with van der Waals surface area (Å²) in [6.45, 7) is 7.54. The Morgan fingerprint density at radius 1 is 1.40 bits per heavy atom. The van der Waals surface area contributed by atoms with Crippen LogP contribution in [-0.4, -0.2) is 38.2 Å². The van der Waals surface area contributed by atoms with Crippen molar-refractivity contribution in [1.29, 1.82) is 0 Å². The number of imidazole rings is 1. The lowest BCUT2D eigenvalue weighted by Gasteiger charge is -2.32. The number of H-pyrrole nitrogens is 2. The molecule has 1 atom stereocenters. The number of aromatic amines is 2. The van der Waals surface area contributed by atoms with Gasteiger partial charge >= 0.3 is 0 Å². The monoisotopic (exact) mass is 273 g/mol. The van der Waals surface area contributed by atoms with Crippen molar-refractivity contribution in [3.8, 4) is 0 Å². The Morgan fingerprint density at radius 3 is 3.00 bits per heavy atom. The molecule has 0 aromatic carbocycles. The van der Waals surface area contributed by atoms with Crippen LogP contribution in [0.25, 0.3) is 0 Å². The van der Waals surface area contributed by atoms with Gasteiger partial charge in [0.1, 0.15) is 0 Å². The highest BCUT2D eigenvalue weighted by Gasteiger charge is 2.22. The molecule has 20 heavy (non-hydrogen) atoms. The van der Waals surface area contributed by atoms with Gasteiger partial charge in [0.15, 0.2) is 0 Å². The molecule has 3 rings (SSSR count). The molecule has 2 aromatic heterocycles. The maximum absolute atomic E-state index is 4.41. The van der Waals surface area contributed by atoms with Gasteiger partial charge in [-0.15, -0.1) is 0 Å². The van der Waals surface area contributed by atoms with Crippen LogP contribution in [0.2, 0.25) is 0 Å². The van der Waals surface area contributed by atoms with Gasteiger partial charge in [-0.2, -0.15) is 5.10 Å². The average Bonchev–Trinajstić information content (AvgIpc) is 3.01. The number of aromatic nitrogens is 4. The zero-order valence-corrected chi connectivity index (χ0v) is 12.3. The number of hydrogen-bond donors (Lipinski definition) is 2. The number of likely N-dealkylation sites (tertiary alicyclic amines) is 1. The van der Waals surface area contributed by atoms with Crippen molar-refractivity contribution in [1.82, 2.24) is 25.1 Å². The molecule has 0 aliphatic carbocycles. The molecule has 2 aromatic rings. The summed E-state index contributed by atoms with van der Waals surface area (Å²) >= 11 is 0. The van der Waals surface area contributed by atoms with E-state index in [9.17, 15) is 0 Å². The maximum Gasteiger partial charge on any atom is 0.0925 e. The Bertz CT molecular complexity index is 508. The van der Waals surface area contributed by atoms with E-state index in [1.54, 1.807) is 6.33 Å². The van der Waals surface area contributed by atoms with Crippen molar-refractivity contribution >= 4 is 0 Å². The minimum Gasteiger partial charge on any atom is -0.348 e. The molecule has 5 heteroatoms. The van der Waals surface area contributed by atoms with Crippen LogP contribution in [0.5, 0.6) is 0 Å². The van der Waals surface area contributed by atoms with Crippen LogP contribution in [0, 0.1) is 19.8 Å². The second-order valence-corrected chi connectivity index (χ2v) is 5.95. The van der Waals surface area contributed by atoms with Crippen LogP contribution in [0.3, 0.4) is 0 Å². The Balaban J connectivity index is 1.59. The number of nitrogens with zero attached hydrogens (tertiary/aromatic N) is 3. The third-order valence-electron chi connectivity index (χ3n) is 4.34. The van der Waals surface area contributed by atoms with Gasteiger partial charge in [0.05, 0.1) is 18.2 Å². The van der Waals surface area contributed by atoms with Crippen molar-refractivity contribution in [2.75, 3.05) is 13.1 Å². The van der Waals surface area contributed by atoms with Crippen LogP contribution < -0.4 is 0 Å². The van der Waals surface area contributed by atoms with E-state index in [0.29, 0.717) is 0 Å². The second-order valence-electron chi connectivity index (χ2n) is 5.95. The molecule has 3 heterocycles. The average molecular weight is 273 g/mol. The molecule has 0 saturated carbocycles. The molecular formula is C15H23N5. The van der Waals surface area contributed by atoms with Gasteiger partial charge in [0, 0.05) is 24.5 Å². The number of nitrogens with one attached hydrogen (secondary N) is 2. The molecule has 108 valence electrons. The number of piperidine rings is 1. The minimum atomic E-state index is 0.724. The van der Waals surface area contributed by atoms with E-state index in [4.69, 9.17) is 0 Å². The SMILES string of the molecule is Cc1cn[nH]c1C[C@H]1CCCN(Cc2nc[nH]c2C)C1. The smallest absolute Gasteiger partial charge is 0.0925 e. The largest absolute Gasteiger partial charge is 0.348 e. The quantitative estimate of drug-likeness (QED) is 0.898. The summed E-state index contributed by atoms with van der Waals surface area (Å²) in [6.07, 6.45) is 7.42. The zero-order valence-electron chi connectivity index (χ0n) is 12.3. The van der Waals surface area contributed by atoms with E-state index in [1.807, 2.05) is 6.20 Å². The second kappa shape index (κ2) is 5.79. The topological polar surface area (TPSA) is 60.6 Å². The highest BCUT2D eigenvalue weighted by Crippen LogP contribution is 2.22. The van der Waals surface area contributed by atoms with Crippen molar-refractivity contribution in [3.05, 3.63) is 35.2 Å². The molecule has 1 fully saturated rings. The first-order valence-electron chi connectivity index (χ1n) is 7.42. The summed E-state index contributed by atoms with van der Waals surface area (Å²) in [5, 5.41) is 7.26. The Labute approximate surface area is 119 Å². The molecule has 0 spiro atoms. The van der Waals surface area contributed by atoms with Gasteiger partial charge in [-0.25, -0.2) is 4.98 Å². The van der Waals surface area contributed by atoms with Crippen LogP contribution in [0.4, 0.5) is 0 Å². The summed E-state index contributed by atoms with van der Waals surface area (Å²) in [4.78, 5) is 10.1. The van der Waals surface area contributed by atoms with E-state index in [1.165, 1.54) is 42.0 Å². The first-order valence-corrected chi connectivity index (χ1v) is 7.42. The standard InChI is InChI=1S/C15H23N5/c1-11-7-18-19-14(11)6-13-4-3-5-20(8-13)9-15-12(2)16-10-17-15/h7,10,13H,3-6,8-9H2,1-2H3,(H,16,17)(H,18,19)/t13-/m1/s1. The first-order chi connectivity index (χ1) is 9.72. The van der Waals surface area contributed by atoms with Crippen molar-refractivity contribution in [2.45, 2.75) is 39.7 Å². The molecule has 1 saturated heterocycles. The molecule has 0 bridgehead atoms. The van der Waals surface area contributed by atoms with E-state index < -0.39 is 0 Å². The highest BCUT2D eigenvalue weighted by molar-refractivity contribution is 5.14. The fourth-order valence-electron chi connectivity index (χ4n) is 3.09. The lowest BCUT2D eigenvalue weighted by Crippen LogP contribution is -2.36. The molecule has 0 amide bonds. The van der Waals surface area contributed by atoms with Gasteiger partial charge in [0.25, 0.3) is 0 Å². The molecular weight excluding hydrogens is 250 g/mol. The Kier molecular flexibility index (Phi) is 3.87. The highest BCUT2D eigenvalue weighted by atomic mass is 15.1. The number of aryl methyl sites for hydroxylation is 2. The molecule has 1 aliphatic heterocycles. The molecule has 2 N–H and O–H groups in total. The summed E-state index contributed by atoms with van der Waals surface area (Å²) in [5.74, 6) is 0.724. The molecule has 0 radical (unpaired) electrons. The third kappa shape index (κ3) is 2.93. The lowest BCUT2D eigenvalue weighted by atomic mass is 9.92. The van der Waals surface area contributed by atoms with E-state index >= 15 is 0 Å². The van der Waals surface area contributed by atoms with Gasteiger partial charge in [-0.05, 0) is 51.1 Å². The summed E-state index contributed by atoms with van der Waals surface area (Å²) < 4.78 is 0. The van der Waals surface area contributed by atoms with E-state index in [2.05, 4.69) is 38.9 Å². The van der Waals surface area contributed by atoms with Crippen LogP contribution >= 0.6 is 0 Å². The van der Waals surface area contributed by atoms with Crippen molar-refractivity contribution < 1.29 is 0 Å². The van der Waals surface area contributed by atoms with Gasteiger partial charge in [-0.1, -0.05) is 0 Å². The molecule has 5 nitrogen and oxygen atoms in total. The van der Waals surface area contributed by atoms with E-state index in [-0.39, 0.29) is 0 Å². The van der Waals surface area contributed by atoms with Crippen LogP contribution in [-0.2, 0) is 13.0 Å². The van der Waals surface area contributed by atoms with E-state index in [0.717, 1.165) is 25.4 Å². The molecule has 0 unspecified atom stereocenters. The maximum atomic E-state index is 4.41. The normalized spacial score (nSPS) is 20.4. The number of hydrogen-bond acceptors (Lipinski definition) is 3. The third-order valence-corrected chi connectivity index (χ3v) is 4.34. The summed E-state index contributed by atoms with van der Waals surface area (Å²) in [6, 6.07) is 0. The minimum absolute atomic E-state index is 0.724. The van der Waals surface area contributed by atoms with Crippen LogP contribution in [0.15, 0.2) is 12.5 Å².